The minimum Gasteiger partial charge on any atom is -0.356 e. The summed E-state index contributed by atoms with van der Waals surface area (Å²) in [6.07, 6.45) is 2.92. The van der Waals surface area contributed by atoms with Gasteiger partial charge in [0.05, 0.1) is 0 Å². The zero-order valence-electron chi connectivity index (χ0n) is 10.7. The summed E-state index contributed by atoms with van der Waals surface area (Å²) in [6, 6.07) is 0. The Hall–Kier alpha value is -0.570. The fourth-order valence-electron chi connectivity index (χ4n) is 1.52. The Balaban J connectivity index is 3.54. The molecule has 15 heavy (non-hydrogen) atoms. The average molecular weight is 214 g/mol. The van der Waals surface area contributed by atoms with E-state index in [2.05, 4.69) is 38.0 Å². The normalized spacial score (nSPS) is 11.1. The van der Waals surface area contributed by atoms with Gasteiger partial charge in [-0.1, -0.05) is 20.8 Å². The second-order valence-electron chi connectivity index (χ2n) is 4.05. The lowest BCUT2D eigenvalue weighted by molar-refractivity contribution is -0.125. The predicted molar refractivity (Wildman–Crippen MR) is 64.9 cm³/mol. The predicted octanol–water partition coefficient (Wildman–Crippen LogP) is 1.88. The highest BCUT2D eigenvalue weighted by Gasteiger charge is 2.12. The van der Waals surface area contributed by atoms with E-state index in [0.717, 1.165) is 38.9 Å². The van der Waals surface area contributed by atoms with Gasteiger partial charge in [-0.05, 0) is 39.4 Å². The number of rotatable bonds is 8. The molecule has 0 aromatic rings. The first-order valence-corrected chi connectivity index (χ1v) is 6.11. The van der Waals surface area contributed by atoms with Crippen molar-refractivity contribution < 1.29 is 4.79 Å². The molecule has 0 aromatic carbocycles. The average Bonchev–Trinajstić information content (AvgIpc) is 2.25. The van der Waals surface area contributed by atoms with Crippen LogP contribution in [-0.2, 0) is 4.79 Å². The molecule has 0 rings (SSSR count). The van der Waals surface area contributed by atoms with Crippen molar-refractivity contribution in [2.24, 2.45) is 5.92 Å². The Kier molecular flexibility index (Phi) is 8.38. The maximum absolute atomic E-state index is 11.6. The van der Waals surface area contributed by atoms with Crippen molar-refractivity contribution in [1.29, 1.82) is 0 Å². The SMILES string of the molecule is CCC(CC)C(=O)NCCCN(C)CC. The molecule has 0 radical (unpaired) electrons. The molecule has 0 bridgehead atoms. The molecule has 0 aliphatic carbocycles. The Morgan fingerprint density at radius 1 is 1.27 bits per heavy atom. The van der Waals surface area contributed by atoms with Crippen LogP contribution in [0.25, 0.3) is 0 Å². The molecule has 0 aromatic heterocycles. The van der Waals surface area contributed by atoms with Gasteiger partial charge in [-0.3, -0.25) is 4.79 Å². The summed E-state index contributed by atoms with van der Waals surface area (Å²) in [5.41, 5.74) is 0. The Labute approximate surface area is 94.2 Å². The highest BCUT2D eigenvalue weighted by Crippen LogP contribution is 2.06. The van der Waals surface area contributed by atoms with Crippen molar-refractivity contribution in [2.45, 2.75) is 40.0 Å². The quantitative estimate of drug-likeness (QED) is 0.626. The van der Waals surface area contributed by atoms with Crippen LogP contribution < -0.4 is 5.32 Å². The maximum atomic E-state index is 11.6. The minimum atomic E-state index is 0.203. The highest BCUT2D eigenvalue weighted by atomic mass is 16.1. The van der Waals surface area contributed by atoms with Crippen LogP contribution in [0.2, 0.25) is 0 Å². The molecule has 0 saturated carbocycles. The molecular formula is C12H26N2O. The zero-order chi connectivity index (χ0) is 11.7. The summed E-state index contributed by atoms with van der Waals surface area (Å²) < 4.78 is 0. The van der Waals surface area contributed by atoms with Crippen LogP contribution in [-0.4, -0.2) is 37.5 Å². The number of nitrogens with one attached hydrogen (secondary N) is 1. The van der Waals surface area contributed by atoms with Gasteiger partial charge >= 0.3 is 0 Å². The van der Waals surface area contributed by atoms with E-state index >= 15 is 0 Å². The van der Waals surface area contributed by atoms with E-state index in [1.807, 2.05) is 0 Å². The van der Waals surface area contributed by atoms with Crippen LogP contribution in [0.3, 0.4) is 0 Å². The first-order chi connectivity index (χ1) is 7.15. The minimum absolute atomic E-state index is 0.203. The number of hydrogen-bond acceptors (Lipinski definition) is 2. The lowest BCUT2D eigenvalue weighted by atomic mass is 10.0. The molecule has 0 heterocycles. The lowest BCUT2D eigenvalue weighted by Gasteiger charge is -2.15. The van der Waals surface area contributed by atoms with Crippen LogP contribution in [0.4, 0.5) is 0 Å². The fourth-order valence-corrected chi connectivity index (χ4v) is 1.52. The van der Waals surface area contributed by atoms with Crippen molar-refractivity contribution in [1.82, 2.24) is 10.2 Å². The molecule has 0 atom stereocenters. The molecule has 90 valence electrons. The van der Waals surface area contributed by atoms with Gasteiger partial charge in [-0.25, -0.2) is 0 Å². The van der Waals surface area contributed by atoms with Crippen molar-refractivity contribution in [3.8, 4) is 0 Å². The first kappa shape index (κ1) is 14.4. The third-order valence-corrected chi connectivity index (χ3v) is 2.91. The van der Waals surface area contributed by atoms with Crippen LogP contribution in [0.5, 0.6) is 0 Å². The summed E-state index contributed by atoms with van der Waals surface area (Å²) in [6.45, 7) is 9.21. The largest absolute Gasteiger partial charge is 0.356 e. The molecule has 0 spiro atoms. The van der Waals surface area contributed by atoms with Crippen LogP contribution in [0.15, 0.2) is 0 Å². The molecule has 0 unspecified atom stereocenters. The zero-order valence-corrected chi connectivity index (χ0v) is 10.7. The van der Waals surface area contributed by atoms with Crippen LogP contribution in [0, 0.1) is 5.92 Å². The number of carbonyl (C=O) groups is 1. The third kappa shape index (κ3) is 6.50. The smallest absolute Gasteiger partial charge is 0.223 e. The van der Waals surface area contributed by atoms with Gasteiger partial charge in [-0.15, -0.1) is 0 Å². The maximum Gasteiger partial charge on any atom is 0.223 e. The Morgan fingerprint density at radius 3 is 2.33 bits per heavy atom. The van der Waals surface area contributed by atoms with Gasteiger partial charge < -0.3 is 10.2 Å². The van der Waals surface area contributed by atoms with Gasteiger partial charge in [0.15, 0.2) is 0 Å². The monoisotopic (exact) mass is 214 g/mol. The summed E-state index contributed by atoms with van der Waals surface area (Å²) in [5, 5.41) is 3.00. The van der Waals surface area contributed by atoms with Gasteiger partial charge in [0.2, 0.25) is 5.91 Å². The molecule has 3 heteroatoms. The molecule has 3 nitrogen and oxygen atoms in total. The van der Waals surface area contributed by atoms with Crippen molar-refractivity contribution >= 4 is 5.91 Å². The van der Waals surface area contributed by atoms with E-state index in [4.69, 9.17) is 0 Å². The fraction of sp³-hybridized carbons (Fsp3) is 0.917. The number of carbonyl (C=O) groups excluding carboxylic acids is 1. The molecule has 1 N–H and O–H groups in total. The second-order valence-corrected chi connectivity index (χ2v) is 4.05. The van der Waals surface area contributed by atoms with E-state index in [9.17, 15) is 4.79 Å². The molecule has 0 aliphatic heterocycles. The first-order valence-electron chi connectivity index (χ1n) is 6.11. The van der Waals surface area contributed by atoms with Crippen molar-refractivity contribution in [3.63, 3.8) is 0 Å². The van der Waals surface area contributed by atoms with Gasteiger partial charge in [0, 0.05) is 12.5 Å². The summed E-state index contributed by atoms with van der Waals surface area (Å²) in [7, 11) is 2.10. The number of nitrogens with zero attached hydrogens (tertiary/aromatic N) is 1. The standard InChI is InChI=1S/C12H26N2O/c1-5-11(6-2)12(15)13-9-8-10-14(4)7-3/h11H,5-10H2,1-4H3,(H,13,15). The van der Waals surface area contributed by atoms with Crippen LogP contribution >= 0.6 is 0 Å². The van der Waals surface area contributed by atoms with E-state index in [0.29, 0.717) is 0 Å². The summed E-state index contributed by atoms with van der Waals surface area (Å²) in [4.78, 5) is 13.8. The molecule has 0 saturated heterocycles. The van der Waals surface area contributed by atoms with Crippen LogP contribution in [0.1, 0.15) is 40.0 Å². The van der Waals surface area contributed by atoms with Gasteiger partial charge in [0.25, 0.3) is 0 Å². The highest BCUT2D eigenvalue weighted by molar-refractivity contribution is 5.78. The van der Waals surface area contributed by atoms with E-state index in [-0.39, 0.29) is 11.8 Å². The molecular weight excluding hydrogens is 188 g/mol. The van der Waals surface area contributed by atoms with E-state index in [1.165, 1.54) is 0 Å². The Bertz CT molecular complexity index is 167. The Morgan fingerprint density at radius 2 is 1.87 bits per heavy atom. The third-order valence-electron chi connectivity index (χ3n) is 2.91. The topological polar surface area (TPSA) is 32.3 Å². The van der Waals surface area contributed by atoms with E-state index < -0.39 is 0 Å². The summed E-state index contributed by atoms with van der Waals surface area (Å²) >= 11 is 0. The molecule has 1 amide bonds. The van der Waals surface area contributed by atoms with E-state index in [1.54, 1.807) is 0 Å². The van der Waals surface area contributed by atoms with Gasteiger partial charge in [-0.2, -0.15) is 0 Å². The number of amides is 1. The number of hydrogen-bond donors (Lipinski definition) is 1. The van der Waals surface area contributed by atoms with Crippen molar-refractivity contribution in [2.75, 3.05) is 26.7 Å². The van der Waals surface area contributed by atoms with Crippen molar-refractivity contribution in [3.05, 3.63) is 0 Å². The molecule has 0 fully saturated rings. The second kappa shape index (κ2) is 8.72. The summed E-state index contributed by atoms with van der Waals surface area (Å²) in [5.74, 6) is 0.424. The van der Waals surface area contributed by atoms with Gasteiger partial charge in [0.1, 0.15) is 0 Å². The lowest BCUT2D eigenvalue weighted by Crippen LogP contribution is -2.32. The molecule has 0 aliphatic rings.